The van der Waals surface area contributed by atoms with Gasteiger partial charge in [0.1, 0.15) is 0 Å². The van der Waals surface area contributed by atoms with E-state index in [0.29, 0.717) is 13.2 Å². The Morgan fingerprint density at radius 3 is 3.06 bits per heavy atom. The number of nitrogens with two attached hydrogens (primary N) is 1. The summed E-state index contributed by atoms with van der Waals surface area (Å²) >= 11 is 3.48. The Bertz CT molecular complexity index is 430. The molecule has 0 saturated carbocycles. The second-order valence-electron chi connectivity index (χ2n) is 3.65. The van der Waals surface area contributed by atoms with Crippen LogP contribution in [0.1, 0.15) is 0 Å². The van der Waals surface area contributed by atoms with Gasteiger partial charge in [-0.25, -0.2) is 0 Å². The quantitative estimate of drug-likeness (QED) is 0.797. The van der Waals surface area contributed by atoms with Gasteiger partial charge in [0.25, 0.3) is 0 Å². The maximum atomic E-state index is 8.84. The zero-order chi connectivity index (χ0) is 11.5. The Hall–Kier alpha value is -1.25. The lowest BCUT2D eigenvalue weighted by Crippen LogP contribution is -2.42. The molecule has 1 aromatic rings. The first-order chi connectivity index (χ1) is 7.70. The molecule has 1 fully saturated rings. The molecular formula is C11H12BrN3O. The number of morpholine rings is 1. The molecule has 0 aromatic heterocycles. The molecule has 5 heteroatoms. The molecule has 0 radical (unpaired) electrons. The highest BCUT2D eigenvalue weighted by atomic mass is 79.9. The average Bonchev–Trinajstić information content (AvgIpc) is 2.29. The van der Waals surface area contributed by atoms with Gasteiger partial charge in [-0.1, -0.05) is 0 Å². The highest BCUT2D eigenvalue weighted by Gasteiger charge is 2.21. The van der Waals surface area contributed by atoms with Crippen molar-refractivity contribution in [3.8, 4) is 6.07 Å². The Labute approximate surface area is 103 Å². The van der Waals surface area contributed by atoms with Gasteiger partial charge in [-0.2, -0.15) is 5.26 Å². The average molecular weight is 282 g/mol. The van der Waals surface area contributed by atoms with E-state index in [2.05, 4.69) is 26.9 Å². The van der Waals surface area contributed by atoms with Crippen LogP contribution in [-0.2, 0) is 4.74 Å². The molecule has 1 heterocycles. The Morgan fingerprint density at radius 2 is 2.38 bits per heavy atom. The third-order valence-electron chi connectivity index (χ3n) is 2.52. The van der Waals surface area contributed by atoms with Gasteiger partial charge < -0.3 is 15.4 Å². The van der Waals surface area contributed by atoms with Crippen LogP contribution in [0.5, 0.6) is 0 Å². The van der Waals surface area contributed by atoms with Crippen LogP contribution in [0.2, 0.25) is 0 Å². The standard InChI is InChI=1S/C11H12BrN3O/c12-10-5-8(14)1-2-11(10)15-3-4-16-9(6-13)7-15/h1-2,5,9H,3-4,7,14H2. The van der Waals surface area contributed by atoms with E-state index in [1.807, 2.05) is 18.2 Å². The van der Waals surface area contributed by atoms with Gasteiger partial charge in [0, 0.05) is 16.7 Å². The molecule has 2 N–H and O–H groups in total. The van der Waals surface area contributed by atoms with E-state index in [1.54, 1.807) is 0 Å². The minimum Gasteiger partial charge on any atom is -0.399 e. The molecule has 1 unspecified atom stereocenters. The summed E-state index contributed by atoms with van der Waals surface area (Å²) in [6.45, 7) is 1.97. The maximum Gasteiger partial charge on any atom is 0.161 e. The lowest BCUT2D eigenvalue weighted by molar-refractivity contribution is 0.0764. The molecule has 0 aliphatic carbocycles. The van der Waals surface area contributed by atoms with Gasteiger partial charge in [0.2, 0.25) is 0 Å². The van der Waals surface area contributed by atoms with Crippen LogP contribution in [0, 0.1) is 11.3 Å². The van der Waals surface area contributed by atoms with Crippen molar-refractivity contribution in [1.82, 2.24) is 0 Å². The molecule has 1 aromatic carbocycles. The summed E-state index contributed by atoms with van der Waals surface area (Å²) in [5.41, 5.74) is 7.46. The topological polar surface area (TPSA) is 62.3 Å². The lowest BCUT2D eigenvalue weighted by atomic mass is 10.2. The fourth-order valence-electron chi connectivity index (χ4n) is 1.73. The summed E-state index contributed by atoms with van der Waals surface area (Å²) in [4.78, 5) is 2.13. The van der Waals surface area contributed by atoms with E-state index in [1.165, 1.54) is 0 Å². The number of hydrogen-bond acceptors (Lipinski definition) is 4. The first kappa shape index (κ1) is 11.2. The molecule has 2 rings (SSSR count). The van der Waals surface area contributed by atoms with Gasteiger partial charge in [0.15, 0.2) is 6.10 Å². The molecule has 16 heavy (non-hydrogen) atoms. The van der Waals surface area contributed by atoms with Crippen molar-refractivity contribution in [2.24, 2.45) is 0 Å². The zero-order valence-electron chi connectivity index (χ0n) is 8.69. The first-order valence-corrected chi connectivity index (χ1v) is 5.81. The van der Waals surface area contributed by atoms with Gasteiger partial charge in [-0.05, 0) is 34.1 Å². The van der Waals surface area contributed by atoms with Gasteiger partial charge in [-0.3, -0.25) is 0 Å². The molecule has 0 amide bonds. The fourth-order valence-corrected chi connectivity index (χ4v) is 2.37. The van der Waals surface area contributed by atoms with E-state index < -0.39 is 0 Å². The SMILES string of the molecule is N#CC1CN(c2ccc(N)cc2Br)CCO1. The monoisotopic (exact) mass is 281 g/mol. The molecule has 1 aliphatic rings. The largest absolute Gasteiger partial charge is 0.399 e. The number of hydrogen-bond donors (Lipinski definition) is 1. The normalized spacial score (nSPS) is 20.5. The van der Waals surface area contributed by atoms with Crippen molar-refractivity contribution in [3.63, 3.8) is 0 Å². The Balaban J connectivity index is 2.20. The van der Waals surface area contributed by atoms with E-state index >= 15 is 0 Å². The number of nitrogen functional groups attached to an aromatic ring is 1. The summed E-state index contributed by atoms with van der Waals surface area (Å²) in [5, 5.41) is 8.84. The molecule has 4 nitrogen and oxygen atoms in total. The van der Waals surface area contributed by atoms with E-state index in [0.717, 1.165) is 22.4 Å². The van der Waals surface area contributed by atoms with Crippen LogP contribution >= 0.6 is 15.9 Å². The predicted molar refractivity (Wildman–Crippen MR) is 66.1 cm³/mol. The third-order valence-corrected chi connectivity index (χ3v) is 3.16. The second-order valence-corrected chi connectivity index (χ2v) is 4.50. The third kappa shape index (κ3) is 2.29. The number of ether oxygens (including phenoxy) is 1. The summed E-state index contributed by atoms with van der Waals surface area (Å²) in [7, 11) is 0. The van der Waals surface area contributed by atoms with Crippen molar-refractivity contribution < 1.29 is 4.74 Å². The van der Waals surface area contributed by atoms with Crippen molar-refractivity contribution in [2.75, 3.05) is 30.3 Å². The number of halogens is 1. The minimum absolute atomic E-state index is 0.349. The van der Waals surface area contributed by atoms with E-state index in [9.17, 15) is 0 Å². The predicted octanol–water partition coefficient (Wildman–Crippen LogP) is 1.76. The summed E-state index contributed by atoms with van der Waals surface area (Å²) in [5.74, 6) is 0. The van der Waals surface area contributed by atoms with E-state index in [-0.39, 0.29) is 6.10 Å². The number of anilines is 2. The molecule has 1 saturated heterocycles. The summed E-state index contributed by atoms with van der Waals surface area (Å²) in [6, 6.07) is 7.81. The summed E-state index contributed by atoms with van der Waals surface area (Å²) in [6.07, 6.45) is -0.349. The van der Waals surface area contributed by atoms with Gasteiger partial charge in [0.05, 0.1) is 24.9 Å². The summed E-state index contributed by atoms with van der Waals surface area (Å²) < 4.78 is 6.25. The maximum absolute atomic E-state index is 8.84. The van der Waals surface area contributed by atoms with Crippen molar-refractivity contribution in [1.29, 1.82) is 5.26 Å². The molecule has 1 atom stereocenters. The van der Waals surface area contributed by atoms with Crippen molar-refractivity contribution in [3.05, 3.63) is 22.7 Å². The number of benzene rings is 1. The van der Waals surface area contributed by atoms with Crippen LogP contribution < -0.4 is 10.6 Å². The Kier molecular flexibility index (Phi) is 3.32. The minimum atomic E-state index is -0.349. The highest BCUT2D eigenvalue weighted by molar-refractivity contribution is 9.10. The number of rotatable bonds is 1. The first-order valence-electron chi connectivity index (χ1n) is 5.02. The van der Waals surface area contributed by atoms with Crippen LogP contribution in [0.15, 0.2) is 22.7 Å². The van der Waals surface area contributed by atoms with Crippen molar-refractivity contribution >= 4 is 27.3 Å². The highest BCUT2D eigenvalue weighted by Crippen LogP contribution is 2.29. The smallest absolute Gasteiger partial charge is 0.161 e. The fraction of sp³-hybridized carbons (Fsp3) is 0.364. The van der Waals surface area contributed by atoms with Crippen molar-refractivity contribution in [2.45, 2.75) is 6.10 Å². The second kappa shape index (κ2) is 4.73. The number of nitrogens with zero attached hydrogens (tertiary/aromatic N) is 2. The molecule has 0 spiro atoms. The molecular weight excluding hydrogens is 270 g/mol. The van der Waals surface area contributed by atoms with Crippen LogP contribution in [0.4, 0.5) is 11.4 Å². The van der Waals surface area contributed by atoms with Crippen LogP contribution in [-0.4, -0.2) is 25.8 Å². The molecule has 0 bridgehead atoms. The van der Waals surface area contributed by atoms with Crippen LogP contribution in [0.3, 0.4) is 0 Å². The van der Waals surface area contributed by atoms with Crippen LogP contribution in [0.25, 0.3) is 0 Å². The molecule has 84 valence electrons. The Morgan fingerprint density at radius 1 is 1.56 bits per heavy atom. The zero-order valence-corrected chi connectivity index (χ0v) is 10.3. The lowest BCUT2D eigenvalue weighted by Gasteiger charge is -2.32. The van der Waals surface area contributed by atoms with E-state index in [4.69, 9.17) is 15.7 Å². The van der Waals surface area contributed by atoms with Gasteiger partial charge >= 0.3 is 0 Å². The molecule has 1 aliphatic heterocycles. The van der Waals surface area contributed by atoms with Gasteiger partial charge in [-0.15, -0.1) is 0 Å². The number of nitriles is 1.